The molecule has 0 radical (unpaired) electrons. The normalized spacial score (nSPS) is 12.4. The second kappa shape index (κ2) is 6.49. The zero-order chi connectivity index (χ0) is 13.8. The molecule has 4 heteroatoms. The minimum absolute atomic E-state index is 0.0360. The van der Waals surface area contributed by atoms with Crippen molar-refractivity contribution in [2.24, 2.45) is 0 Å². The summed E-state index contributed by atoms with van der Waals surface area (Å²) in [4.78, 5) is 0. The van der Waals surface area contributed by atoms with E-state index in [1.54, 1.807) is 24.3 Å². The Labute approximate surface area is 124 Å². The number of hydrogen-bond acceptors (Lipinski definition) is 0. The molecule has 0 bridgehead atoms. The first-order chi connectivity index (χ1) is 9.10. The highest BCUT2D eigenvalue weighted by Gasteiger charge is 2.14. The lowest BCUT2D eigenvalue weighted by atomic mass is 9.93. The molecule has 0 amide bonds. The lowest BCUT2D eigenvalue weighted by Crippen LogP contribution is -2.06. The quantitative estimate of drug-likeness (QED) is 0.660. The molecule has 0 heterocycles. The van der Waals surface area contributed by atoms with Crippen LogP contribution in [0, 0.1) is 11.6 Å². The molecule has 2 aromatic carbocycles. The minimum atomic E-state index is -0.286. The van der Waals surface area contributed by atoms with Gasteiger partial charge in [0, 0.05) is 16.3 Å². The first kappa shape index (κ1) is 14.5. The van der Waals surface area contributed by atoms with E-state index < -0.39 is 0 Å². The average molecular weight is 346 g/mol. The van der Waals surface area contributed by atoms with E-state index in [4.69, 9.17) is 11.6 Å². The van der Waals surface area contributed by atoms with Crippen LogP contribution in [0.4, 0.5) is 8.78 Å². The Morgan fingerprint density at radius 2 is 1.74 bits per heavy atom. The van der Waals surface area contributed by atoms with E-state index >= 15 is 0 Å². The third kappa shape index (κ3) is 3.77. The topological polar surface area (TPSA) is 0 Å². The summed E-state index contributed by atoms with van der Waals surface area (Å²) in [6.07, 6.45) is 0.487. The van der Waals surface area contributed by atoms with E-state index in [1.807, 2.05) is 0 Å². The Morgan fingerprint density at radius 3 is 2.37 bits per heavy atom. The van der Waals surface area contributed by atoms with E-state index in [-0.39, 0.29) is 17.6 Å². The Balaban J connectivity index is 2.23. The number of alkyl halides is 1. The van der Waals surface area contributed by atoms with Crippen molar-refractivity contribution in [2.75, 3.05) is 5.88 Å². The zero-order valence-corrected chi connectivity index (χ0v) is 12.4. The number of benzene rings is 2. The summed E-state index contributed by atoms with van der Waals surface area (Å²) in [6, 6.07) is 11.0. The molecule has 2 rings (SSSR count). The molecule has 1 unspecified atom stereocenters. The highest BCUT2D eigenvalue weighted by atomic mass is 79.9. The monoisotopic (exact) mass is 344 g/mol. The molecule has 2 aromatic rings. The van der Waals surface area contributed by atoms with Crippen LogP contribution in [-0.4, -0.2) is 5.88 Å². The molecule has 100 valence electrons. The van der Waals surface area contributed by atoms with Gasteiger partial charge in [0.05, 0.1) is 0 Å². The van der Waals surface area contributed by atoms with Crippen molar-refractivity contribution in [3.05, 3.63) is 69.7 Å². The van der Waals surface area contributed by atoms with Gasteiger partial charge < -0.3 is 0 Å². The molecule has 0 spiro atoms. The molecule has 0 saturated carbocycles. The minimum Gasteiger partial charge on any atom is -0.207 e. The van der Waals surface area contributed by atoms with Crippen molar-refractivity contribution in [1.82, 2.24) is 0 Å². The van der Waals surface area contributed by atoms with Gasteiger partial charge in [-0.3, -0.25) is 0 Å². The van der Waals surface area contributed by atoms with Gasteiger partial charge in [-0.1, -0.05) is 28.1 Å². The summed E-state index contributed by atoms with van der Waals surface area (Å²) in [5, 5.41) is 0. The van der Waals surface area contributed by atoms with Crippen molar-refractivity contribution >= 4 is 27.5 Å². The summed E-state index contributed by atoms with van der Waals surface area (Å²) in [7, 11) is 0. The van der Waals surface area contributed by atoms with E-state index in [2.05, 4.69) is 15.9 Å². The van der Waals surface area contributed by atoms with Crippen molar-refractivity contribution in [3.63, 3.8) is 0 Å². The molecular formula is C15H12BrClF2. The maximum absolute atomic E-state index is 13.7. The van der Waals surface area contributed by atoms with Crippen LogP contribution in [0.5, 0.6) is 0 Å². The summed E-state index contributed by atoms with van der Waals surface area (Å²) in [5.74, 6) is -0.213. The Morgan fingerprint density at radius 1 is 1.05 bits per heavy atom. The maximum Gasteiger partial charge on any atom is 0.126 e. The SMILES string of the molecule is Fc1ccc(C(CCl)Cc2cc(Br)ccc2F)cc1. The zero-order valence-electron chi connectivity index (χ0n) is 10.0. The molecule has 0 saturated heterocycles. The molecule has 0 fully saturated rings. The van der Waals surface area contributed by atoms with Crippen molar-refractivity contribution in [3.8, 4) is 0 Å². The predicted octanol–water partition coefficient (Wildman–Crippen LogP) is 5.29. The summed E-state index contributed by atoms with van der Waals surface area (Å²) in [6.45, 7) is 0. The Bertz CT molecular complexity index is 555. The molecule has 1 atom stereocenters. The van der Waals surface area contributed by atoms with Crippen LogP contribution in [0.3, 0.4) is 0 Å². The Hall–Kier alpha value is -0.930. The Kier molecular flexibility index (Phi) is 4.94. The fraction of sp³-hybridized carbons (Fsp3) is 0.200. The molecule has 0 aromatic heterocycles. The van der Waals surface area contributed by atoms with Gasteiger partial charge in [0.15, 0.2) is 0 Å². The van der Waals surface area contributed by atoms with E-state index in [0.717, 1.165) is 10.0 Å². The predicted molar refractivity (Wildman–Crippen MR) is 77.7 cm³/mol. The lowest BCUT2D eigenvalue weighted by Gasteiger charge is -2.15. The van der Waals surface area contributed by atoms with E-state index in [9.17, 15) is 8.78 Å². The third-order valence-corrected chi connectivity index (χ3v) is 3.87. The smallest absolute Gasteiger partial charge is 0.126 e. The maximum atomic E-state index is 13.7. The van der Waals surface area contributed by atoms with Crippen LogP contribution in [0.15, 0.2) is 46.9 Å². The number of halogens is 4. The van der Waals surface area contributed by atoms with Crippen LogP contribution in [-0.2, 0) is 6.42 Å². The van der Waals surface area contributed by atoms with Crippen molar-refractivity contribution in [2.45, 2.75) is 12.3 Å². The molecular weight excluding hydrogens is 334 g/mol. The fourth-order valence-electron chi connectivity index (χ4n) is 1.96. The van der Waals surface area contributed by atoms with Gasteiger partial charge in [0.25, 0.3) is 0 Å². The van der Waals surface area contributed by atoms with Crippen LogP contribution < -0.4 is 0 Å². The first-order valence-electron chi connectivity index (χ1n) is 5.85. The van der Waals surface area contributed by atoms with Gasteiger partial charge in [0.2, 0.25) is 0 Å². The van der Waals surface area contributed by atoms with E-state index in [1.165, 1.54) is 18.2 Å². The van der Waals surface area contributed by atoms with Gasteiger partial charge in [-0.05, 0) is 47.9 Å². The van der Waals surface area contributed by atoms with E-state index in [0.29, 0.717) is 17.9 Å². The molecule has 19 heavy (non-hydrogen) atoms. The molecule has 0 aliphatic heterocycles. The second-order valence-electron chi connectivity index (χ2n) is 4.34. The molecule has 0 aliphatic rings. The summed E-state index contributed by atoms with van der Waals surface area (Å²) >= 11 is 9.28. The van der Waals surface area contributed by atoms with Gasteiger partial charge in [-0.2, -0.15) is 0 Å². The van der Waals surface area contributed by atoms with Crippen LogP contribution in [0.2, 0.25) is 0 Å². The van der Waals surface area contributed by atoms with Gasteiger partial charge in [-0.25, -0.2) is 8.78 Å². The second-order valence-corrected chi connectivity index (χ2v) is 5.57. The number of rotatable bonds is 4. The van der Waals surface area contributed by atoms with Gasteiger partial charge in [0.1, 0.15) is 11.6 Å². The largest absolute Gasteiger partial charge is 0.207 e. The van der Waals surface area contributed by atoms with Crippen LogP contribution in [0.1, 0.15) is 17.0 Å². The first-order valence-corrected chi connectivity index (χ1v) is 7.18. The summed E-state index contributed by atoms with van der Waals surface area (Å²) in [5.41, 5.74) is 1.51. The molecule has 0 aliphatic carbocycles. The highest BCUT2D eigenvalue weighted by Crippen LogP contribution is 2.25. The third-order valence-electron chi connectivity index (χ3n) is 3.00. The van der Waals surface area contributed by atoms with Crippen molar-refractivity contribution < 1.29 is 8.78 Å². The average Bonchev–Trinajstić information content (AvgIpc) is 2.41. The standard InChI is InChI=1S/C15H12BrClF2/c16-13-3-6-15(19)11(8-13)7-12(9-17)10-1-4-14(18)5-2-10/h1-6,8,12H,7,9H2. The van der Waals surface area contributed by atoms with Gasteiger partial charge in [-0.15, -0.1) is 11.6 Å². The number of hydrogen-bond donors (Lipinski definition) is 0. The summed E-state index contributed by atoms with van der Waals surface area (Å²) < 4.78 is 27.5. The van der Waals surface area contributed by atoms with Crippen LogP contribution >= 0.6 is 27.5 Å². The molecule has 0 N–H and O–H groups in total. The lowest BCUT2D eigenvalue weighted by molar-refractivity contribution is 0.597. The highest BCUT2D eigenvalue weighted by molar-refractivity contribution is 9.10. The molecule has 0 nitrogen and oxygen atoms in total. The van der Waals surface area contributed by atoms with Crippen molar-refractivity contribution in [1.29, 1.82) is 0 Å². The van der Waals surface area contributed by atoms with Crippen LogP contribution in [0.25, 0.3) is 0 Å². The fourth-order valence-corrected chi connectivity index (χ4v) is 2.66. The van der Waals surface area contributed by atoms with Gasteiger partial charge >= 0.3 is 0 Å².